The van der Waals surface area contributed by atoms with Gasteiger partial charge in [-0.1, -0.05) is 49.3 Å². The molecule has 0 saturated heterocycles. The standard InChI is InChI=1S/C33H34N2O5/c1-21(2)31-28(29(34-40-31)20-39-32-22(3)8-6-9-23(32)4)19-38-27-12-13-30-25(17-27)14-15-35(30)18-24-10-7-11-26(16-24)33(36)37-5/h6-17,21H,18-20H2,1-5H3. The lowest BCUT2D eigenvalue weighted by atomic mass is 10.1. The molecule has 0 spiro atoms. The van der Waals surface area contributed by atoms with Crippen LogP contribution in [0.5, 0.6) is 11.5 Å². The van der Waals surface area contributed by atoms with Crippen molar-refractivity contribution in [2.45, 2.75) is 53.4 Å². The first kappa shape index (κ1) is 27.1. The molecule has 206 valence electrons. The summed E-state index contributed by atoms with van der Waals surface area (Å²) in [5.41, 5.74) is 6.47. The molecule has 2 heterocycles. The number of hydrogen-bond donors (Lipinski definition) is 0. The quantitative estimate of drug-likeness (QED) is 0.173. The summed E-state index contributed by atoms with van der Waals surface area (Å²) in [5.74, 6) is 2.26. The van der Waals surface area contributed by atoms with Gasteiger partial charge in [-0.2, -0.15) is 0 Å². The van der Waals surface area contributed by atoms with Gasteiger partial charge in [0.25, 0.3) is 0 Å². The van der Waals surface area contributed by atoms with E-state index >= 15 is 0 Å². The molecule has 0 unspecified atom stereocenters. The number of para-hydroxylation sites is 1. The number of carbonyl (C=O) groups excluding carboxylic acids is 1. The van der Waals surface area contributed by atoms with Crippen LogP contribution in [0.4, 0.5) is 0 Å². The van der Waals surface area contributed by atoms with Gasteiger partial charge in [-0.25, -0.2) is 4.79 Å². The van der Waals surface area contributed by atoms with Gasteiger partial charge >= 0.3 is 5.97 Å². The van der Waals surface area contributed by atoms with E-state index in [2.05, 4.69) is 35.7 Å². The van der Waals surface area contributed by atoms with Crippen LogP contribution in [-0.4, -0.2) is 22.8 Å². The molecule has 3 aromatic carbocycles. The summed E-state index contributed by atoms with van der Waals surface area (Å²) in [6.45, 7) is 9.51. The van der Waals surface area contributed by atoms with E-state index < -0.39 is 0 Å². The highest BCUT2D eigenvalue weighted by atomic mass is 16.5. The Balaban J connectivity index is 1.31. The Hall–Kier alpha value is -4.52. The smallest absolute Gasteiger partial charge is 0.337 e. The third kappa shape index (κ3) is 5.73. The van der Waals surface area contributed by atoms with Crippen molar-refractivity contribution in [3.8, 4) is 11.5 Å². The second kappa shape index (κ2) is 11.7. The highest BCUT2D eigenvalue weighted by molar-refractivity contribution is 5.89. The lowest BCUT2D eigenvalue weighted by molar-refractivity contribution is 0.0600. The minimum Gasteiger partial charge on any atom is -0.489 e. The number of rotatable bonds is 10. The Morgan fingerprint density at radius 3 is 2.48 bits per heavy atom. The average Bonchev–Trinajstić information content (AvgIpc) is 3.55. The fraction of sp³-hybridized carbons (Fsp3) is 0.273. The second-order valence-corrected chi connectivity index (χ2v) is 10.3. The molecule has 0 fully saturated rings. The summed E-state index contributed by atoms with van der Waals surface area (Å²) < 4.78 is 25.1. The number of methoxy groups -OCH3 is 1. The Labute approximate surface area is 234 Å². The molecular formula is C33H34N2O5. The minimum atomic E-state index is -0.338. The summed E-state index contributed by atoms with van der Waals surface area (Å²) in [5, 5.41) is 5.39. The van der Waals surface area contributed by atoms with Crippen molar-refractivity contribution in [1.82, 2.24) is 9.72 Å². The van der Waals surface area contributed by atoms with Crippen LogP contribution in [-0.2, 0) is 24.5 Å². The number of nitrogens with zero attached hydrogens (tertiary/aromatic N) is 2. The molecule has 0 amide bonds. The summed E-state index contributed by atoms with van der Waals surface area (Å²) >= 11 is 0. The lowest BCUT2D eigenvalue weighted by Gasteiger charge is -2.13. The molecule has 0 N–H and O–H groups in total. The van der Waals surface area contributed by atoms with E-state index in [9.17, 15) is 4.79 Å². The van der Waals surface area contributed by atoms with Gasteiger partial charge in [-0.3, -0.25) is 0 Å². The molecule has 0 radical (unpaired) electrons. The van der Waals surface area contributed by atoms with Gasteiger partial charge in [0.05, 0.1) is 18.2 Å². The number of fused-ring (bicyclic) bond motifs is 1. The highest BCUT2D eigenvalue weighted by Gasteiger charge is 2.20. The zero-order valence-electron chi connectivity index (χ0n) is 23.6. The van der Waals surface area contributed by atoms with Gasteiger partial charge in [0.15, 0.2) is 0 Å². The van der Waals surface area contributed by atoms with E-state index in [0.717, 1.165) is 56.1 Å². The SMILES string of the molecule is COC(=O)c1cccc(Cn2ccc3cc(OCc4c(COc5c(C)cccc5C)noc4C(C)C)ccc32)c1. The van der Waals surface area contributed by atoms with Gasteiger partial charge in [0.1, 0.15) is 36.2 Å². The predicted octanol–water partition coefficient (Wildman–Crippen LogP) is 7.36. The normalized spacial score (nSPS) is 11.2. The number of aromatic nitrogens is 2. The van der Waals surface area contributed by atoms with Gasteiger partial charge in [-0.05, 0) is 66.9 Å². The van der Waals surface area contributed by atoms with Crippen molar-refractivity contribution >= 4 is 16.9 Å². The maximum absolute atomic E-state index is 11.9. The second-order valence-electron chi connectivity index (χ2n) is 10.3. The van der Waals surface area contributed by atoms with E-state index in [0.29, 0.717) is 25.3 Å². The molecule has 2 aromatic heterocycles. The van der Waals surface area contributed by atoms with Gasteiger partial charge in [-0.15, -0.1) is 0 Å². The van der Waals surface area contributed by atoms with Crippen LogP contribution in [0, 0.1) is 13.8 Å². The molecule has 0 atom stereocenters. The molecule has 5 aromatic rings. The molecule has 7 heteroatoms. The zero-order valence-corrected chi connectivity index (χ0v) is 23.6. The van der Waals surface area contributed by atoms with E-state index in [1.54, 1.807) is 6.07 Å². The molecule has 7 nitrogen and oxygen atoms in total. The monoisotopic (exact) mass is 538 g/mol. The number of benzene rings is 3. The number of carbonyl (C=O) groups is 1. The molecular weight excluding hydrogens is 504 g/mol. The first-order chi connectivity index (χ1) is 19.3. The van der Waals surface area contributed by atoms with E-state index in [1.165, 1.54) is 7.11 Å². The van der Waals surface area contributed by atoms with Crippen LogP contribution in [0.1, 0.15) is 63.8 Å². The largest absolute Gasteiger partial charge is 0.489 e. The first-order valence-electron chi connectivity index (χ1n) is 13.4. The molecule has 0 aliphatic heterocycles. The average molecular weight is 539 g/mol. The van der Waals surface area contributed by atoms with Crippen LogP contribution in [0.15, 0.2) is 77.4 Å². The summed E-state index contributed by atoms with van der Waals surface area (Å²) in [7, 11) is 1.39. The Morgan fingerprint density at radius 1 is 0.950 bits per heavy atom. The minimum absolute atomic E-state index is 0.161. The Morgan fingerprint density at radius 2 is 1.73 bits per heavy atom. The van der Waals surface area contributed by atoms with Crippen LogP contribution >= 0.6 is 0 Å². The highest BCUT2D eigenvalue weighted by Crippen LogP contribution is 2.29. The van der Waals surface area contributed by atoms with E-state index in [-0.39, 0.29) is 11.9 Å². The third-order valence-electron chi connectivity index (χ3n) is 7.01. The number of aryl methyl sites for hydroxylation is 2. The summed E-state index contributed by atoms with van der Waals surface area (Å²) in [6, 6.07) is 21.7. The molecule has 0 saturated carbocycles. The fourth-order valence-corrected chi connectivity index (χ4v) is 4.92. The van der Waals surface area contributed by atoms with Crippen LogP contribution < -0.4 is 9.47 Å². The molecule has 5 rings (SSSR count). The molecule has 40 heavy (non-hydrogen) atoms. The summed E-state index contributed by atoms with van der Waals surface area (Å²) in [4.78, 5) is 11.9. The van der Waals surface area contributed by atoms with Crippen LogP contribution in [0.2, 0.25) is 0 Å². The maximum atomic E-state index is 11.9. The molecule has 0 aliphatic carbocycles. The summed E-state index contributed by atoms with van der Waals surface area (Å²) in [6.07, 6.45) is 2.04. The Bertz CT molecular complexity index is 1630. The number of ether oxygens (including phenoxy) is 3. The number of hydrogen-bond acceptors (Lipinski definition) is 6. The lowest BCUT2D eigenvalue weighted by Crippen LogP contribution is -2.06. The van der Waals surface area contributed by atoms with Crippen molar-refractivity contribution in [2.24, 2.45) is 0 Å². The molecule has 0 aliphatic rings. The zero-order chi connectivity index (χ0) is 28.2. The first-order valence-corrected chi connectivity index (χ1v) is 13.4. The van der Waals surface area contributed by atoms with E-state index in [4.69, 9.17) is 18.7 Å². The van der Waals surface area contributed by atoms with Crippen molar-refractivity contribution in [1.29, 1.82) is 0 Å². The van der Waals surface area contributed by atoms with Crippen LogP contribution in [0.25, 0.3) is 10.9 Å². The van der Waals surface area contributed by atoms with Crippen molar-refractivity contribution in [3.63, 3.8) is 0 Å². The maximum Gasteiger partial charge on any atom is 0.337 e. The van der Waals surface area contributed by atoms with Gasteiger partial charge in [0, 0.05) is 29.6 Å². The van der Waals surface area contributed by atoms with Gasteiger partial charge in [0.2, 0.25) is 0 Å². The fourth-order valence-electron chi connectivity index (χ4n) is 4.92. The van der Waals surface area contributed by atoms with Crippen molar-refractivity contribution in [3.05, 3.63) is 112 Å². The van der Waals surface area contributed by atoms with Crippen molar-refractivity contribution in [2.75, 3.05) is 7.11 Å². The molecule has 0 bridgehead atoms. The predicted molar refractivity (Wildman–Crippen MR) is 154 cm³/mol. The van der Waals surface area contributed by atoms with Crippen molar-refractivity contribution < 1.29 is 23.5 Å². The van der Waals surface area contributed by atoms with Gasteiger partial charge < -0.3 is 23.3 Å². The topological polar surface area (TPSA) is 75.7 Å². The number of esters is 1. The van der Waals surface area contributed by atoms with E-state index in [1.807, 2.05) is 68.6 Å². The Kier molecular flexibility index (Phi) is 7.91. The van der Waals surface area contributed by atoms with Crippen LogP contribution in [0.3, 0.4) is 0 Å². The third-order valence-corrected chi connectivity index (χ3v) is 7.01.